The maximum absolute atomic E-state index is 14.4. The van der Waals surface area contributed by atoms with Crippen molar-refractivity contribution < 1.29 is 9.18 Å². The first-order valence-corrected chi connectivity index (χ1v) is 12.6. The minimum atomic E-state index is -0.328. The average Bonchev–Trinajstić information content (AvgIpc) is 3.23. The van der Waals surface area contributed by atoms with Crippen molar-refractivity contribution in [3.05, 3.63) is 57.9 Å². The summed E-state index contributed by atoms with van der Waals surface area (Å²) in [6.45, 7) is 3.21. The second kappa shape index (κ2) is 9.85. The highest BCUT2D eigenvalue weighted by molar-refractivity contribution is 8.00. The number of amides is 1. The molecule has 1 fully saturated rings. The van der Waals surface area contributed by atoms with Gasteiger partial charge in [-0.1, -0.05) is 0 Å². The maximum Gasteiger partial charge on any atom is 0.251 e. The summed E-state index contributed by atoms with van der Waals surface area (Å²) in [5, 5.41) is 6.44. The third kappa shape index (κ3) is 4.67. The molecule has 0 aromatic carbocycles. The van der Waals surface area contributed by atoms with Crippen LogP contribution in [0.15, 0.2) is 40.2 Å². The summed E-state index contributed by atoms with van der Waals surface area (Å²) in [6, 6.07) is 7.56. The predicted octanol–water partition coefficient (Wildman–Crippen LogP) is 2.75. The molecule has 3 aromatic rings. The number of carbonyl (C=O) groups excluding carboxylic acids is 1. The quantitative estimate of drug-likeness (QED) is 0.538. The van der Waals surface area contributed by atoms with Crippen molar-refractivity contribution in [2.75, 3.05) is 30.7 Å². The number of thioether (sulfide) groups is 1. The van der Waals surface area contributed by atoms with Crippen LogP contribution in [0.25, 0.3) is 11.0 Å². The van der Waals surface area contributed by atoms with Crippen LogP contribution < -0.4 is 16.2 Å². The molecule has 0 aliphatic carbocycles. The predicted molar refractivity (Wildman–Crippen MR) is 136 cm³/mol. The van der Waals surface area contributed by atoms with E-state index in [2.05, 4.69) is 25.5 Å². The number of anilines is 1. The van der Waals surface area contributed by atoms with Gasteiger partial charge in [0.1, 0.15) is 11.6 Å². The van der Waals surface area contributed by atoms with E-state index in [0.29, 0.717) is 47.2 Å². The number of rotatable bonds is 5. The molecule has 1 atom stereocenters. The molecule has 0 bridgehead atoms. The fraction of sp³-hybridized carbons (Fsp3) is 0.417. The SMILES string of the molecule is Cl.O=C1CSc2ccc(CNC3CCN(CC4Cc5c(F)cnc6ccc(=O)n4c56)CC3)nc2N1. The Morgan fingerprint density at radius 3 is 2.83 bits per heavy atom. The van der Waals surface area contributed by atoms with Crippen LogP contribution in [0.1, 0.15) is 30.1 Å². The molecule has 0 radical (unpaired) electrons. The Morgan fingerprint density at radius 2 is 2.00 bits per heavy atom. The molecule has 3 aliphatic heterocycles. The molecule has 0 saturated carbocycles. The van der Waals surface area contributed by atoms with Gasteiger partial charge < -0.3 is 20.1 Å². The number of pyridine rings is 3. The Kier molecular flexibility index (Phi) is 6.80. The lowest BCUT2D eigenvalue weighted by Gasteiger charge is -2.34. The van der Waals surface area contributed by atoms with Crippen LogP contribution in [-0.4, -0.2) is 56.8 Å². The number of likely N-dealkylation sites (tertiary alicyclic amines) is 1. The molecule has 6 rings (SSSR count). The van der Waals surface area contributed by atoms with Crippen molar-refractivity contribution in [3.8, 4) is 0 Å². The lowest BCUT2D eigenvalue weighted by Crippen LogP contribution is -2.44. The second-order valence-corrected chi connectivity index (χ2v) is 10.2. The number of nitrogens with zero attached hydrogens (tertiary/aromatic N) is 4. The normalized spacial score (nSPS) is 19.9. The Morgan fingerprint density at radius 1 is 1.17 bits per heavy atom. The van der Waals surface area contributed by atoms with Crippen molar-refractivity contribution in [2.24, 2.45) is 0 Å². The summed E-state index contributed by atoms with van der Waals surface area (Å²) in [4.78, 5) is 36.3. The number of fused-ring (bicyclic) bond motifs is 1. The van der Waals surface area contributed by atoms with E-state index in [1.54, 1.807) is 10.6 Å². The molecule has 35 heavy (non-hydrogen) atoms. The molecule has 1 saturated heterocycles. The van der Waals surface area contributed by atoms with Crippen LogP contribution in [-0.2, 0) is 17.8 Å². The van der Waals surface area contributed by atoms with E-state index in [-0.39, 0.29) is 35.7 Å². The largest absolute Gasteiger partial charge is 0.309 e. The van der Waals surface area contributed by atoms with Gasteiger partial charge in [-0.15, -0.1) is 24.2 Å². The molecule has 3 aromatic heterocycles. The number of aromatic nitrogens is 3. The summed E-state index contributed by atoms with van der Waals surface area (Å²) in [5.74, 6) is 0.759. The molecule has 0 spiro atoms. The van der Waals surface area contributed by atoms with Crippen molar-refractivity contribution in [1.82, 2.24) is 24.8 Å². The van der Waals surface area contributed by atoms with Crippen LogP contribution in [0.4, 0.5) is 10.2 Å². The van der Waals surface area contributed by atoms with Crippen LogP contribution in [0.5, 0.6) is 0 Å². The van der Waals surface area contributed by atoms with Gasteiger partial charge in [-0.25, -0.2) is 9.37 Å². The summed E-state index contributed by atoms with van der Waals surface area (Å²) >= 11 is 1.51. The first-order valence-electron chi connectivity index (χ1n) is 11.6. The molecular formula is C24H26ClFN6O2S. The first-order chi connectivity index (χ1) is 16.5. The molecule has 6 heterocycles. The Balaban J connectivity index is 0.00000253. The van der Waals surface area contributed by atoms with Crippen LogP contribution in [0, 0.1) is 5.82 Å². The zero-order chi connectivity index (χ0) is 23.2. The monoisotopic (exact) mass is 516 g/mol. The van der Waals surface area contributed by atoms with Gasteiger partial charge in [0.15, 0.2) is 0 Å². The Bertz CT molecular complexity index is 1340. The van der Waals surface area contributed by atoms with E-state index in [4.69, 9.17) is 0 Å². The van der Waals surface area contributed by atoms with Crippen molar-refractivity contribution in [3.63, 3.8) is 0 Å². The van der Waals surface area contributed by atoms with E-state index in [1.807, 2.05) is 12.1 Å². The zero-order valence-corrected chi connectivity index (χ0v) is 20.6. The summed E-state index contributed by atoms with van der Waals surface area (Å²) in [7, 11) is 0. The van der Waals surface area contributed by atoms with Crippen LogP contribution in [0.3, 0.4) is 0 Å². The standard InChI is InChI=1S/C24H25FN6O2S.ClH/c25-18-11-27-19-2-4-22(33)31-16(9-17(18)23(19)31)12-30-7-5-14(6-8-30)26-10-15-1-3-20-24(28-15)29-21(32)13-34-20;/h1-4,11,14,16,26H,5-10,12-13H2,(H,28,29,32);1H. The summed E-state index contributed by atoms with van der Waals surface area (Å²) in [6.07, 6.45) is 3.77. The van der Waals surface area contributed by atoms with Gasteiger partial charge in [-0.05, 0) is 50.6 Å². The molecule has 1 amide bonds. The Labute approximate surface area is 212 Å². The van der Waals surface area contributed by atoms with Crippen molar-refractivity contribution >= 4 is 46.9 Å². The van der Waals surface area contributed by atoms with E-state index in [9.17, 15) is 14.0 Å². The zero-order valence-electron chi connectivity index (χ0n) is 19.0. The lowest BCUT2D eigenvalue weighted by atomic mass is 10.0. The highest BCUT2D eigenvalue weighted by Gasteiger charge is 2.31. The third-order valence-corrected chi connectivity index (χ3v) is 8.01. The molecule has 184 valence electrons. The van der Waals surface area contributed by atoms with E-state index in [0.717, 1.165) is 43.1 Å². The fourth-order valence-corrected chi connectivity index (χ4v) is 6.02. The van der Waals surface area contributed by atoms with E-state index in [1.165, 1.54) is 24.0 Å². The highest BCUT2D eigenvalue weighted by Crippen LogP contribution is 2.32. The van der Waals surface area contributed by atoms with Gasteiger partial charge in [0.05, 0.1) is 39.6 Å². The van der Waals surface area contributed by atoms with Gasteiger partial charge in [0.25, 0.3) is 5.56 Å². The molecule has 2 N–H and O–H groups in total. The molecule has 1 unspecified atom stereocenters. The molecule has 8 nitrogen and oxygen atoms in total. The number of hydrogen-bond acceptors (Lipinski definition) is 7. The van der Waals surface area contributed by atoms with Gasteiger partial charge in [0.2, 0.25) is 5.91 Å². The van der Waals surface area contributed by atoms with Crippen LogP contribution in [0.2, 0.25) is 0 Å². The smallest absolute Gasteiger partial charge is 0.251 e. The van der Waals surface area contributed by atoms with Gasteiger partial charge in [-0.3, -0.25) is 14.6 Å². The second-order valence-electron chi connectivity index (χ2n) is 9.16. The topological polar surface area (TPSA) is 92.2 Å². The third-order valence-electron chi connectivity index (χ3n) is 6.96. The average molecular weight is 517 g/mol. The van der Waals surface area contributed by atoms with E-state index >= 15 is 0 Å². The lowest BCUT2D eigenvalue weighted by molar-refractivity contribution is -0.113. The first kappa shape index (κ1) is 24.2. The van der Waals surface area contributed by atoms with Gasteiger partial charge >= 0.3 is 0 Å². The minimum Gasteiger partial charge on any atom is -0.309 e. The van der Waals surface area contributed by atoms with Gasteiger partial charge in [0, 0.05) is 30.8 Å². The highest BCUT2D eigenvalue weighted by atomic mass is 35.5. The number of halogens is 2. The molecular weight excluding hydrogens is 491 g/mol. The summed E-state index contributed by atoms with van der Waals surface area (Å²) < 4.78 is 16.1. The number of piperidine rings is 1. The van der Waals surface area contributed by atoms with Crippen molar-refractivity contribution in [2.45, 2.75) is 42.8 Å². The maximum atomic E-state index is 14.4. The Hall–Kier alpha value is -2.53. The van der Waals surface area contributed by atoms with Gasteiger partial charge in [-0.2, -0.15) is 0 Å². The minimum absolute atomic E-state index is 0. The van der Waals surface area contributed by atoms with Crippen LogP contribution >= 0.6 is 24.2 Å². The fourth-order valence-electron chi connectivity index (χ4n) is 5.26. The number of nitrogens with one attached hydrogen (secondary N) is 2. The number of hydrogen-bond donors (Lipinski definition) is 2. The van der Waals surface area contributed by atoms with Crippen molar-refractivity contribution in [1.29, 1.82) is 0 Å². The molecule has 11 heteroatoms. The number of carbonyl (C=O) groups is 1. The summed E-state index contributed by atoms with van der Waals surface area (Å²) in [5.41, 5.74) is 2.76. The molecule has 3 aliphatic rings. The van der Waals surface area contributed by atoms with E-state index < -0.39 is 0 Å².